The van der Waals surface area contributed by atoms with Crippen LogP contribution in [0.1, 0.15) is 114 Å². The summed E-state index contributed by atoms with van der Waals surface area (Å²) < 4.78 is 79.0. The van der Waals surface area contributed by atoms with Crippen molar-refractivity contribution in [2.45, 2.75) is 205 Å². The highest BCUT2D eigenvalue weighted by Crippen LogP contribution is 2.44. The van der Waals surface area contributed by atoms with Crippen LogP contribution < -0.4 is 15.4 Å². The zero-order chi connectivity index (χ0) is 49.2. The summed E-state index contributed by atoms with van der Waals surface area (Å²) >= 11 is 0. The summed E-state index contributed by atoms with van der Waals surface area (Å²) in [7, 11) is -1.23. The van der Waals surface area contributed by atoms with Crippen LogP contribution in [0.15, 0.2) is 24.3 Å². The number of hydrogen-bond donors (Lipinski definition) is 6. The quantitative estimate of drug-likeness (QED) is 0.123. The molecule has 66 heavy (non-hydrogen) atoms. The Morgan fingerprint density at radius 2 is 1.62 bits per heavy atom. The van der Waals surface area contributed by atoms with E-state index in [-0.39, 0.29) is 38.3 Å². The molecule has 1 aromatic carbocycles. The number of nitrogens with zero attached hydrogens (tertiary/aromatic N) is 1. The maximum Gasteiger partial charge on any atom is 0.339 e. The number of nitrogens with one attached hydrogen (secondary N) is 2. The summed E-state index contributed by atoms with van der Waals surface area (Å²) in [6.07, 6.45) is -8.23. The highest BCUT2D eigenvalue weighted by Gasteiger charge is 2.59. The third kappa shape index (κ3) is 11.7. The van der Waals surface area contributed by atoms with Crippen LogP contribution in [0.3, 0.4) is 0 Å². The van der Waals surface area contributed by atoms with Gasteiger partial charge in [-0.05, 0) is 111 Å². The number of carbonyl (C=O) groups excluding carboxylic acids is 1. The summed E-state index contributed by atoms with van der Waals surface area (Å²) in [6, 6.07) is 5.74. The van der Waals surface area contributed by atoms with Crippen molar-refractivity contribution >= 4 is 16.3 Å². The predicted octanol–water partition coefficient (Wildman–Crippen LogP) is 3.16. The Balaban J connectivity index is 1.57. The average Bonchev–Trinajstić information content (AvgIpc) is 3.51. The predicted molar refractivity (Wildman–Crippen MR) is 244 cm³/mol. The summed E-state index contributed by atoms with van der Waals surface area (Å²) in [5, 5.41) is 54.8. The number of aliphatic hydroxyl groups is 4. The molecule has 0 saturated carbocycles. The van der Waals surface area contributed by atoms with Gasteiger partial charge < -0.3 is 64.2 Å². The normalized spacial score (nSPS) is 44.2. The first-order valence-electron chi connectivity index (χ1n) is 23.8. The first-order valence-corrected chi connectivity index (χ1v) is 25.1. The number of carbonyl (C=O) groups is 1. The Hall–Kier alpha value is -2.08. The van der Waals surface area contributed by atoms with Crippen molar-refractivity contribution in [1.82, 2.24) is 14.9 Å². The molecule has 19 heteroatoms. The van der Waals surface area contributed by atoms with Gasteiger partial charge in [0, 0.05) is 38.6 Å². The molecule has 0 bridgehead atoms. The van der Waals surface area contributed by atoms with Crippen molar-refractivity contribution in [1.29, 1.82) is 0 Å². The van der Waals surface area contributed by atoms with Crippen LogP contribution in [0.4, 0.5) is 0 Å². The van der Waals surface area contributed by atoms with Crippen molar-refractivity contribution in [3.8, 4) is 5.75 Å². The van der Waals surface area contributed by atoms with Gasteiger partial charge in [-0.2, -0.15) is 12.7 Å². The third-order valence-corrected chi connectivity index (χ3v) is 16.2. The lowest BCUT2D eigenvalue weighted by atomic mass is 9.75. The number of rotatable bonds is 13. The lowest BCUT2D eigenvalue weighted by Gasteiger charge is -2.53. The molecule has 0 aliphatic carbocycles. The highest BCUT2D eigenvalue weighted by molar-refractivity contribution is 7.84. The molecule has 1 aromatic rings. The van der Waals surface area contributed by atoms with E-state index in [4.69, 9.17) is 37.3 Å². The third-order valence-electron chi connectivity index (χ3n) is 14.7. The number of benzene rings is 1. The first-order chi connectivity index (χ1) is 30.8. The van der Waals surface area contributed by atoms with Crippen LogP contribution in [0.5, 0.6) is 5.75 Å². The number of aliphatic hydroxyl groups excluding tert-OH is 1. The monoisotopic (exact) mass is 960 g/mol. The second-order valence-electron chi connectivity index (χ2n) is 20.2. The van der Waals surface area contributed by atoms with Gasteiger partial charge in [0.15, 0.2) is 12.6 Å². The van der Waals surface area contributed by atoms with Crippen molar-refractivity contribution < 1.29 is 71.0 Å². The fourth-order valence-electron chi connectivity index (χ4n) is 10.5. The minimum absolute atomic E-state index is 0.0211. The van der Waals surface area contributed by atoms with Gasteiger partial charge in [0.2, 0.25) is 0 Å². The van der Waals surface area contributed by atoms with E-state index in [9.17, 15) is 33.6 Å². The minimum atomic E-state index is -4.29. The highest BCUT2D eigenvalue weighted by atomic mass is 32.2. The SMILES string of the molecule is CCCNC[C@]1(O)[C@H](C)O[C@@H](O[C@H]2[C@H](C)[C@@H](O[C@@H]3O[C@H](C)C[C@H]4[C@H]3OS(=O)(=O)N4Cc3ccc(OC)cc3)[C@](C)(O)C[C@@H](C)CN[C@H](C)[C@@H](O)[C@](C)(O)[C@@H](CC)OC(=O)[C@@H]2C)C[C@@]1(C)OC. The number of esters is 1. The van der Waals surface area contributed by atoms with E-state index in [0.717, 1.165) is 12.0 Å². The van der Waals surface area contributed by atoms with Crippen molar-refractivity contribution in [2.24, 2.45) is 17.8 Å². The van der Waals surface area contributed by atoms with E-state index in [1.54, 1.807) is 79.8 Å². The Bertz CT molecular complexity index is 1840. The van der Waals surface area contributed by atoms with Gasteiger partial charge in [-0.25, -0.2) is 4.18 Å². The smallest absolute Gasteiger partial charge is 0.339 e. The number of cyclic esters (lactones) is 1. The number of hydrogen-bond acceptors (Lipinski definition) is 17. The molecular weight excluding hydrogens is 879 g/mol. The molecule has 4 aliphatic heterocycles. The summed E-state index contributed by atoms with van der Waals surface area (Å²) in [5.41, 5.74) is -5.55. The lowest BCUT2D eigenvalue weighted by molar-refractivity contribution is -0.335. The van der Waals surface area contributed by atoms with Crippen LogP contribution in [0.25, 0.3) is 0 Å². The minimum Gasteiger partial charge on any atom is -0.497 e. The number of methoxy groups -OCH3 is 2. The summed E-state index contributed by atoms with van der Waals surface area (Å²) in [4.78, 5) is 14.5. The zero-order valence-corrected chi connectivity index (χ0v) is 42.2. The van der Waals surface area contributed by atoms with Gasteiger partial charge in [0.25, 0.3) is 0 Å². The van der Waals surface area contributed by atoms with E-state index in [0.29, 0.717) is 25.3 Å². The molecule has 4 heterocycles. The first kappa shape index (κ1) is 54.9. The van der Waals surface area contributed by atoms with Crippen LogP contribution in [-0.4, -0.2) is 163 Å². The van der Waals surface area contributed by atoms with E-state index in [1.807, 2.05) is 20.8 Å². The molecule has 18 nitrogen and oxygen atoms in total. The standard InChI is InChI=1S/C47H81N3O15S/c1-14-20-48-26-47(55)32(8)61-37(23-45(47,10)59-13)63-38-29(5)41(44(9,53)22-27(3)24-49-31(7)40(51)46(11,54)36(15-2)62-42(52)30(38)6)64-43-39-35(21-28(4)60-43)50(66(56,57)65-39)25-33-16-18-34(58-12)19-17-33/h16-19,27-32,35-41,43,48-49,51,53-55H,14-15,20-26H2,1-13H3/t27-,28-,29+,30-,31-,32+,35+,36-,37+,38+,39-,40-,41-,43+,44-,45-,46-,47+/m1/s1. The fourth-order valence-corrected chi connectivity index (χ4v) is 12.0. The fraction of sp³-hybridized carbons (Fsp3) is 0.851. The Labute approximate surface area is 392 Å². The molecule has 0 aromatic heterocycles. The van der Waals surface area contributed by atoms with Gasteiger partial charge >= 0.3 is 16.3 Å². The Morgan fingerprint density at radius 1 is 0.955 bits per heavy atom. The second kappa shape index (κ2) is 21.9. The summed E-state index contributed by atoms with van der Waals surface area (Å²) in [6.45, 7) is 20.4. The molecule has 380 valence electrons. The van der Waals surface area contributed by atoms with Gasteiger partial charge in [-0.15, -0.1) is 0 Å². The molecule has 0 spiro atoms. The van der Waals surface area contributed by atoms with E-state index < -0.39 is 118 Å². The van der Waals surface area contributed by atoms with Crippen LogP contribution >= 0.6 is 0 Å². The maximum atomic E-state index is 14.5. The topological polar surface area (TPSA) is 233 Å². The van der Waals surface area contributed by atoms with E-state index in [2.05, 4.69) is 10.6 Å². The van der Waals surface area contributed by atoms with Gasteiger partial charge in [-0.1, -0.05) is 39.8 Å². The number of ether oxygens (including phenoxy) is 7. The van der Waals surface area contributed by atoms with Gasteiger partial charge in [-0.3, -0.25) is 4.79 Å². The molecule has 5 rings (SSSR count). The second-order valence-corrected chi connectivity index (χ2v) is 21.7. The molecule has 6 N–H and O–H groups in total. The Morgan fingerprint density at radius 3 is 2.23 bits per heavy atom. The van der Waals surface area contributed by atoms with Gasteiger partial charge in [0.05, 0.1) is 49.1 Å². The molecule has 0 radical (unpaired) electrons. The Kier molecular flexibility index (Phi) is 18.2. The van der Waals surface area contributed by atoms with Crippen LogP contribution in [-0.2, 0) is 54.2 Å². The van der Waals surface area contributed by atoms with Crippen LogP contribution in [0, 0.1) is 17.8 Å². The van der Waals surface area contributed by atoms with Crippen molar-refractivity contribution in [2.75, 3.05) is 33.9 Å². The molecular formula is C47H81N3O15S. The maximum absolute atomic E-state index is 14.5. The van der Waals surface area contributed by atoms with Gasteiger partial charge in [0.1, 0.15) is 40.9 Å². The average molecular weight is 960 g/mol. The van der Waals surface area contributed by atoms with E-state index >= 15 is 0 Å². The molecule has 0 amide bonds. The van der Waals surface area contributed by atoms with Crippen molar-refractivity contribution in [3.05, 3.63) is 29.8 Å². The molecule has 4 aliphatic rings. The summed E-state index contributed by atoms with van der Waals surface area (Å²) in [5.74, 6) is -2.41. The molecule has 4 saturated heterocycles. The number of fused-ring (bicyclic) bond motifs is 1. The largest absolute Gasteiger partial charge is 0.497 e. The molecule has 18 atom stereocenters. The lowest BCUT2D eigenvalue weighted by Crippen LogP contribution is -2.70. The zero-order valence-electron chi connectivity index (χ0n) is 41.4. The van der Waals surface area contributed by atoms with Crippen LogP contribution in [0.2, 0.25) is 0 Å². The van der Waals surface area contributed by atoms with Crippen molar-refractivity contribution in [3.63, 3.8) is 0 Å². The molecule has 4 fully saturated rings. The molecule has 0 unspecified atom stereocenters. The van der Waals surface area contributed by atoms with E-state index in [1.165, 1.54) is 18.3 Å².